The molecule has 1 fully saturated rings. The third-order valence-corrected chi connectivity index (χ3v) is 4.55. The molecule has 1 aromatic carbocycles. The number of carbonyl (C=O) groups is 2. The van der Waals surface area contributed by atoms with E-state index in [1.165, 1.54) is 0 Å². The molecule has 1 saturated heterocycles. The molecule has 2 atom stereocenters. The average Bonchev–Trinajstić information content (AvgIpc) is 3.05. The minimum atomic E-state index is -0.547. The molecule has 0 saturated carbocycles. The smallest absolute Gasteiger partial charge is 0.309 e. The molecular weight excluding hydrogens is 290 g/mol. The number of amides is 2. The summed E-state index contributed by atoms with van der Waals surface area (Å²) in [6, 6.07) is 10.3. The first kappa shape index (κ1) is 17.5. The molecule has 5 heteroatoms. The van der Waals surface area contributed by atoms with E-state index in [0.717, 1.165) is 31.5 Å². The number of benzene rings is 1. The van der Waals surface area contributed by atoms with Gasteiger partial charge in [-0.05, 0) is 37.4 Å². The molecule has 0 spiro atoms. The Hall–Kier alpha value is -1.88. The van der Waals surface area contributed by atoms with Gasteiger partial charge in [-0.3, -0.25) is 14.5 Å². The number of likely N-dealkylation sites (tertiary alicyclic amines) is 1. The van der Waals surface area contributed by atoms with Crippen molar-refractivity contribution in [1.82, 2.24) is 15.5 Å². The minimum Gasteiger partial charge on any atom is -0.347 e. The Kier molecular flexibility index (Phi) is 6.59. The zero-order chi connectivity index (χ0) is 16.7. The van der Waals surface area contributed by atoms with E-state index in [1.807, 2.05) is 37.3 Å². The SMILES string of the molecule is CCN1CCC[C@H]1CNC(=O)C(=O)NC[C@H](C)c1ccccc1. The summed E-state index contributed by atoms with van der Waals surface area (Å²) >= 11 is 0. The van der Waals surface area contributed by atoms with Crippen LogP contribution in [0.2, 0.25) is 0 Å². The largest absolute Gasteiger partial charge is 0.347 e. The van der Waals surface area contributed by atoms with Crippen LogP contribution in [0.1, 0.15) is 38.2 Å². The Labute approximate surface area is 138 Å². The summed E-state index contributed by atoms with van der Waals surface area (Å²) in [6.45, 7) is 7.23. The van der Waals surface area contributed by atoms with E-state index in [4.69, 9.17) is 0 Å². The number of nitrogens with zero attached hydrogens (tertiary/aromatic N) is 1. The topological polar surface area (TPSA) is 61.4 Å². The second kappa shape index (κ2) is 8.67. The maximum absolute atomic E-state index is 11.9. The third-order valence-electron chi connectivity index (χ3n) is 4.55. The minimum absolute atomic E-state index is 0.179. The highest BCUT2D eigenvalue weighted by molar-refractivity contribution is 6.35. The molecule has 2 rings (SSSR count). The predicted octanol–water partition coefficient (Wildman–Crippen LogP) is 1.51. The standard InChI is InChI=1S/C18H27N3O2/c1-3-21-11-7-10-16(21)13-20-18(23)17(22)19-12-14(2)15-8-5-4-6-9-15/h4-6,8-9,14,16H,3,7,10-13H2,1-2H3,(H,19,22)(H,20,23)/t14-,16-/m0/s1. The number of carbonyl (C=O) groups excluding carboxylic acids is 2. The highest BCUT2D eigenvalue weighted by Crippen LogP contribution is 2.15. The Balaban J connectivity index is 1.71. The quantitative estimate of drug-likeness (QED) is 0.782. The Bertz CT molecular complexity index is 518. The maximum Gasteiger partial charge on any atom is 0.309 e. The summed E-state index contributed by atoms with van der Waals surface area (Å²) in [6.07, 6.45) is 2.25. The predicted molar refractivity (Wildman–Crippen MR) is 91.1 cm³/mol. The number of likely N-dealkylation sites (N-methyl/N-ethyl adjacent to an activating group) is 1. The van der Waals surface area contributed by atoms with Crippen molar-refractivity contribution in [2.45, 2.75) is 38.6 Å². The molecule has 0 bridgehead atoms. The second-order valence-corrected chi connectivity index (χ2v) is 6.16. The normalized spacial score (nSPS) is 19.3. The van der Waals surface area contributed by atoms with Crippen LogP contribution in [0.3, 0.4) is 0 Å². The lowest BCUT2D eigenvalue weighted by atomic mass is 10.0. The van der Waals surface area contributed by atoms with Crippen LogP contribution in [0.5, 0.6) is 0 Å². The summed E-state index contributed by atoms with van der Waals surface area (Å²) in [7, 11) is 0. The van der Waals surface area contributed by atoms with Crippen LogP contribution in [0.4, 0.5) is 0 Å². The van der Waals surface area contributed by atoms with Gasteiger partial charge in [-0.15, -0.1) is 0 Å². The molecule has 1 aromatic rings. The Morgan fingerprint density at radius 3 is 2.61 bits per heavy atom. The van der Waals surface area contributed by atoms with Gasteiger partial charge in [0.05, 0.1) is 0 Å². The van der Waals surface area contributed by atoms with Gasteiger partial charge in [0.15, 0.2) is 0 Å². The molecule has 0 unspecified atom stereocenters. The highest BCUT2D eigenvalue weighted by atomic mass is 16.2. The highest BCUT2D eigenvalue weighted by Gasteiger charge is 2.24. The van der Waals surface area contributed by atoms with Gasteiger partial charge in [0.25, 0.3) is 0 Å². The first-order valence-corrected chi connectivity index (χ1v) is 8.46. The van der Waals surface area contributed by atoms with Gasteiger partial charge in [0, 0.05) is 19.1 Å². The molecule has 23 heavy (non-hydrogen) atoms. The molecule has 1 heterocycles. The molecule has 0 aliphatic carbocycles. The van der Waals surface area contributed by atoms with Gasteiger partial charge in [-0.2, -0.15) is 0 Å². The van der Waals surface area contributed by atoms with E-state index in [-0.39, 0.29) is 5.92 Å². The van der Waals surface area contributed by atoms with Crippen molar-refractivity contribution in [3.05, 3.63) is 35.9 Å². The molecule has 2 N–H and O–H groups in total. The Morgan fingerprint density at radius 1 is 1.22 bits per heavy atom. The van der Waals surface area contributed by atoms with E-state index in [1.54, 1.807) is 0 Å². The van der Waals surface area contributed by atoms with E-state index < -0.39 is 11.8 Å². The molecule has 126 valence electrons. The molecule has 5 nitrogen and oxygen atoms in total. The second-order valence-electron chi connectivity index (χ2n) is 6.16. The van der Waals surface area contributed by atoms with Crippen molar-refractivity contribution in [2.24, 2.45) is 0 Å². The zero-order valence-corrected chi connectivity index (χ0v) is 14.0. The molecule has 0 radical (unpaired) electrons. The first-order valence-electron chi connectivity index (χ1n) is 8.46. The van der Waals surface area contributed by atoms with Crippen molar-refractivity contribution in [3.63, 3.8) is 0 Å². The lowest BCUT2D eigenvalue weighted by molar-refractivity contribution is -0.139. The van der Waals surface area contributed by atoms with Gasteiger partial charge in [-0.25, -0.2) is 0 Å². The van der Waals surface area contributed by atoms with Crippen LogP contribution >= 0.6 is 0 Å². The molecule has 1 aliphatic heterocycles. The summed E-state index contributed by atoms with van der Waals surface area (Å²) in [5.74, 6) is -0.902. The fourth-order valence-electron chi connectivity index (χ4n) is 3.06. The van der Waals surface area contributed by atoms with Crippen molar-refractivity contribution in [2.75, 3.05) is 26.2 Å². The zero-order valence-electron chi connectivity index (χ0n) is 14.0. The van der Waals surface area contributed by atoms with E-state index >= 15 is 0 Å². The Morgan fingerprint density at radius 2 is 1.91 bits per heavy atom. The number of rotatable bonds is 6. The first-order chi connectivity index (χ1) is 11.1. The van der Waals surface area contributed by atoms with Gasteiger partial charge in [-0.1, -0.05) is 44.2 Å². The van der Waals surface area contributed by atoms with Gasteiger partial charge < -0.3 is 10.6 Å². The maximum atomic E-state index is 11.9. The fourth-order valence-corrected chi connectivity index (χ4v) is 3.06. The summed E-state index contributed by atoms with van der Waals surface area (Å²) in [4.78, 5) is 26.1. The van der Waals surface area contributed by atoms with Gasteiger partial charge in [0.2, 0.25) is 0 Å². The van der Waals surface area contributed by atoms with Crippen molar-refractivity contribution < 1.29 is 9.59 Å². The molecule has 0 aromatic heterocycles. The third kappa shape index (κ3) is 5.06. The monoisotopic (exact) mass is 317 g/mol. The van der Waals surface area contributed by atoms with Crippen LogP contribution in [0.15, 0.2) is 30.3 Å². The lowest BCUT2D eigenvalue weighted by Crippen LogP contribution is -2.46. The van der Waals surface area contributed by atoms with E-state index in [9.17, 15) is 9.59 Å². The fraction of sp³-hybridized carbons (Fsp3) is 0.556. The summed E-state index contributed by atoms with van der Waals surface area (Å²) in [5, 5.41) is 5.48. The number of hydrogen-bond acceptors (Lipinski definition) is 3. The molecule has 2 amide bonds. The van der Waals surface area contributed by atoms with Crippen molar-refractivity contribution in [3.8, 4) is 0 Å². The molecule has 1 aliphatic rings. The van der Waals surface area contributed by atoms with E-state index in [0.29, 0.717) is 19.1 Å². The van der Waals surface area contributed by atoms with Crippen molar-refractivity contribution in [1.29, 1.82) is 0 Å². The molecular formula is C18H27N3O2. The average molecular weight is 317 g/mol. The van der Waals surface area contributed by atoms with Crippen LogP contribution in [0, 0.1) is 0 Å². The van der Waals surface area contributed by atoms with Crippen molar-refractivity contribution >= 4 is 11.8 Å². The van der Waals surface area contributed by atoms with Crippen LogP contribution < -0.4 is 10.6 Å². The van der Waals surface area contributed by atoms with Crippen LogP contribution in [0.25, 0.3) is 0 Å². The van der Waals surface area contributed by atoms with Crippen LogP contribution in [-0.4, -0.2) is 48.9 Å². The summed E-state index contributed by atoms with van der Waals surface area (Å²) in [5.41, 5.74) is 1.15. The summed E-state index contributed by atoms with van der Waals surface area (Å²) < 4.78 is 0. The van der Waals surface area contributed by atoms with E-state index in [2.05, 4.69) is 22.5 Å². The number of hydrogen-bond donors (Lipinski definition) is 2. The number of nitrogens with one attached hydrogen (secondary N) is 2. The van der Waals surface area contributed by atoms with Crippen LogP contribution in [-0.2, 0) is 9.59 Å². The van der Waals surface area contributed by atoms with Gasteiger partial charge in [0.1, 0.15) is 0 Å². The lowest BCUT2D eigenvalue weighted by Gasteiger charge is -2.22. The van der Waals surface area contributed by atoms with Gasteiger partial charge >= 0.3 is 11.8 Å².